The standard InChI is InChI=1S/C32H24F3NO3/c33-32(34,35)29-14-6-13-27-28(25(19-36-30(27)29)15-21-7-2-1-3-8-21)18-22-9-5-12-26(17-22)39-20-23-10-4-11-24(16-23)31(37)38/h1-14,16-17,19H,15,18,20H2,(H,37,38). The Balaban J connectivity index is 1.48. The van der Waals surface area contributed by atoms with Crippen LogP contribution in [0.3, 0.4) is 0 Å². The zero-order valence-electron chi connectivity index (χ0n) is 20.8. The van der Waals surface area contributed by atoms with Gasteiger partial charge in [-0.3, -0.25) is 4.98 Å². The Morgan fingerprint density at radius 2 is 1.51 bits per heavy atom. The molecule has 0 aliphatic carbocycles. The Bertz CT molecular complexity index is 1630. The molecular weight excluding hydrogens is 503 g/mol. The first-order chi connectivity index (χ1) is 18.8. The summed E-state index contributed by atoms with van der Waals surface area (Å²) in [6.45, 7) is 0.178. The molecule has 4 nitrogen and oxygen atoms in total. The molecule has 0 saturated carbocycles. The summed E-state index contributed by atoms with van der Waals surface area (Å²) >= 11 is 0. The van der Waals surface area contributed by atoms with E-state index in [0.29, 0.717) is 29.5 Å². The van der Waals surface area contributed by atoms with Gasteiger partial charge in [-0.25, -0.2) is 4.79 Å². The van der Waals surface area contributed by atoms with Crippen LogP contribution in [0.5, 0.6) is 5.75 Å². The minimum absolute atomic E-state index is 0.0671. The summed E-state index contributed by atoms with van der Waals surface area (Å²) < 4.78 is 47.3. The van der Waals surface area contributed by atoms with Crippen molar-refractivity contribution in [3.63, 3.8) is 0 Å². The number of rotatable bonds is 8. The van der Waals surface area contributed by atoms with E-state index < -0.39 is 17.7 Å². The summed E-state index contributed by atoms with van der Waals surface area (Å²) in [4.78, 5) is 15.5. The molecule has 0 bridgehead atoms. The molecule has 0 aliphatic heterocycles. The number of benzene rings is 4. The fourth-order valence-corrected chi connectivity index (χ4v) is 4.64. The zero-order valence-corrected chi connectivity index (χ0v) is 20.8. The second-order valence-electron chi connectivity index (χ2n) is 9.24. The lowest BCUT2D eigenvalue weighted by molar-refractivity contribution is -0.136. The summed E-state index contributed by atoms with van der Waals surface area (Å²) in [7, 11) is 0. The van der Waals surface area contributed by atoms with Gasteiger partial charge in [0.2, 0.25) is 0 Å². The van der Waals surface area contributed by atoms with Gasteiger partial charge in [-0.05, 0) is 71.0 Å². The van der Waals surface area contributed by atoms with E-state index in [2.05, 4.69) is 4.98 Å². The number of hydrogen-bond acceptors (Lipinski definition) is 3. The molecule has 39 heavy (non-hydrogen) atoms. The minimum Gasteiger partial charge on any atom is -0.489 e. The van der Waals surface area contributed by atoms with Crippen LogP contribution in [0.25, 0.3) is 10.9 Å². The average Bonchev–Trinajstić information content (AvgIpc) is 2.93. The van der Waals surface area contributed by atoms with Crippen LogP contribution in [0.15, 0.2) is 103 Å². The number of fused-ring (bicyclic) bond motifs is 1. The van der Waals surface area contributed by atoms with Crippen molar-refractivity contribution in [2.45, 2.75) is 25.6 Å². The molecule has 4 aromatic carbocycles. The number of carboxylic acid groups (broad SMARTS) is 1. The number of hydrogen-bond donors (Lipinski definition) is 1. The molecule has 196 valence electrons. The number of carbonyl (C=O) groups is 1. The molecule has 0 unspecified atom stereocenters. The van der Waals surface area contributed by atoms with E-state index in [0.717, 1.165) is 28.3 Å². The van der Waals surface area contributed by atoms with E-state index in [1.165, 1.54) is 12.1 Å². The summed E-state index contributed by atoms with van der Waals surface area (Å²) in [5.74, 6) is -0.435. The molecule has 0 fully saturated rings. The van der Waals surface area contributed by atoms with E-state index in [4.69, 9.17) is 4.74 Å². The normalized spacial score (nSPS) is 11.5. The molecular formula is C32H24F3NO3. The lowest BCUT2D eigenvalue weighted by atomic mass is 9.92. The SMILES string of the molecule is O=C(O)c1cccc(COc2cccc(Cc3c(Cc4ccccc4)cnc4c(C(F)(F)F)cccc34)c2)c1. The average molecular weight is 528 g/mol. The zero-order chi connectivity index (χ0) is 27.4. The van der Waals surface area contributed by atoms with E-state index in [1.807, 2.05) is 48.5 Å². The van der Waals surface area contributed by atoms with Crippen molar-refractivity contribution in [1.29, 1.82) is 0 Å². The second kappa shape index (κ2) is 11.0. The number of para-hydroxylation sites is 1. The highest BCUT2D eigenvalue weighted by Crippen LogP contribution is 2.36. The topological polar surface area (TPSA) is 59.4 Å². The Labute approximate surface area is 223 Å². The highest BCUT2D eigenvalue weighted by Gasteiger charge is 2.33. The fraction of sp³-hybridized carbons (Fsp3) is 0.125. The molecule has 0 amide bonds. The largest absolute Gasteiger partial charge is 0.489 e. The first kappa shape index (κ1) is 26.0. The number of nitrogens with zero attached hydrogens (tertiary/aromatic N) is 1. The maximum atomic E-state index is 13.8. The molecule has 7 heteroatoms. The van der Waals surface area contributed by atoms with Crippen LogP contribution in [0.2, 0.25) is 0 Å². The lowest BCUT2D eigenvalue weighted by Crippen LogP contribution is -2.08. The van der Waals surface area contributed by atoms with E-state index in [1.54, 1.807) is 36.5 Å². The summed E-state index contributed by atoms with van der Waals surface area (Å²) in [6, 6.07) is 27.8. The third-order valence-electron chi connectivity index (χ3n) is 6.50. The van der Waals surface area contributed by atoms with Crippen molar-refractivity contribution in [1.82, 2.24) is 4.98 Å². The lowest BCUT2D eigenvalue weighted by Gasteiger charge is -2.17. The smallest absolute Gasteiger partial charge is 0.418 e. The Morgan fingerprint density at radius 3 is 2.28 bits per heavy atom. The van der Waals surface area contributed by atoms with Gasteiger partial charge in [-0.1, -0.05) is 66.7 Å². The number of pyridine rings is 1. The van der Waals surface area contributed by atoms with Gasteiger partial charge in [-0.15, -0.1) is 0 Å². The Kier molecular flexibility index (Phi) is 7.32. The molecule has 0 saturated heterocycles. The van der Waals surface area contributed by atoms with E-state index in [9.17, 15) is 23.1 Å². The fourth-order valence-electron chi connectivity index (χ4n) is 4.64. The predicted molar refractivity (Wildman–Crippen MR) is 143 cm³/mol. The number of halogens is 3. The van der Waals surface area contributed by atoms with E-state index in [-0.39, 0.29) is 17.7 Å². The van der Waals surface area contributed by atoms with Crippen LogP contribution >= 0.6 is 0 Å². The second-order valence-corrected chi connectivity index (χ2v) is 9.24. The van der Waals surface area contributed by atoms with Gasteiger partial charge in [0.15, 0.2) is 0 Å². The van der Waals surface area contributed by atoms with Crippen LogP contribution in [0.1, 0.15) is 43.7 Å². The van der Waals surface area contributed by atoms with Crippen molar-refractivity contribution >= 4 is 16.9 Å². The van der Waals surface area contributed by atoms with Crippen LogP contribution in [-0.2, 0) is 25.6 Å². The molecule has 0 spiro atoms. The molecule has 1 aromatic heterocycles. The van der Waals surface area contributed by atoms with Crippen LogP contribution in [0.4, 0.5) is 13.2 Å². The summed E-state index contributed by atoms with van der Waals surface area (Å²) in [6.07, 6.45) is -2.05. The first-order valence-corrected chi connectivity index (χ1v) is 12.3. The molecule has 1 heterocycles. The van der Waals surface area contributed by atoms with Crippen molar-refractivity contribution in [3.05, 3.63) is 142 Å². The first-order valence-electron chi connectivity index (χ1n) is 12.3. The molecule has 0 aliphatic rings. The van der Waals surface area contributed by atoms with E-state index >= 15 is 0 Å². The molecule has 5 rings (SSSR count). The number of aromatic carboxylic acids is 1. The van der Waals surface area contributed by atoms with Gasteiger partial charge in [0.05, 0.1) is 16.6 Å². The number of carboxylic acids is 1. The molecule has 1 N–H and O–H groups in total. The number of ether oxygens (including phenoxy) is 1. The van der Waals surface area contributed by atoms with Crippen molar-refractivity contribution in [2.24, 2.45) is 0 Å². The van der Waals surface area contributed by atoms with Crippen molar-refractivity contribution in [3.8, 4) is 5.75 Å². The van der Waals surface area contributed by atoms with Gasteiger partial charge in [-0.2, -0.15) is 13.2 Å². The molecule has 5 aromatic rings. The third-order valence-corrected chi connectivity index (χ3v) is 6.50. The van der Waals surface area contributed by atoms with Gasteiger partial charge in [0, 0.05) is 11.6 Å². The Morgan fingerprint density at radius 1 is 0.795 bits per heavy atom. The maximum absolute atomic E-state index is 13.8. The van der Waals surface area contributed by atoms with Crippen molar-refractivity contribution in [2.75, 3.05) is 0 Å². The number of alkyl halides is 3. The monoisotopic (exact) mass is 527 g/mol. The van der Waals surface area contributed by atoms with Crippen LogP contribution in [0, 0.1) is 0 Å². The highest BCUT2D eigenvalue weighted by molar-refractivity contribution is 5.88. The quantitative estimate of drug-likeness (QED) is 0.225. The molecule has 0 atom stereocenters. The van der Waals surface area contributed by atoms with Crippen LogP contribution in [-0.4, -0.2) is 16.1 Å². The Hall–Kier alpha value is -4.65. The van der Waals surface area contributed by atoms with Crippen molar-refractivity contribution < 1.29 is 27.8 Å². The maximum Gasteiger partial charge on any atom is 0.418 e. The van der Waals surface area contributed by atoms with Gasteiger partial charge < -0.3 is 9.84 Å². The summed E-state index contributed by atoms with van der Waals surface area (Å²) in [5, 5.41) is 9.68. The summed E-state index contributed by atoms with van der Waals surface area (Å²) in [5.41, 5.74) is 3.60. The number of aromatic nitrogens is 1. The van der Waals surface area contributed by atoms with Gasteiger partial charge >= 0.3 is 12.1 Å². The van der Waals surface area contributed by atoms with Gasteiger partial charge in [0.25, 0.3) is 0 Å². The minimum atomic E-state index is -4.52. The van der Waals surface area contributed by atoms with Gasteiger partial charge in [0.1, 0.15) is 12.4 Å². The third kappa shape index (κ3) is 6.09. The predicted octanol–water partition coefficient (Wildman–Crippen LogP) is 7.71. The van der Waals surface area contributed by atoms with Crippen LogP contribution < -0.4 is 4.74 Å². The molecule has 0 radical (unpaired) electrons. The highest BCUT2D eigenvalue weighted by atomic mass is 19.4.